The van der Waals surface area contributed by atoms with Crippen molar-refractivity contribution in [3.8, 4) is 5.75 Å². The predicted octanol–water partition coefficient (Wildman–Crippen LogP) is 4.73. The number of carbonyl (C=O) groups is 5. The minimum absolute atomic E-state index is 0.0511. The largest absolute Gasteiger partial charge is 0.497 e. The molecule has 0 spiro atoms. The number of nitro groups is 1. The number of nitrogens with zero attached hydrogens (tertiary/aromatic N) is 1. The monoisotopic (exact) mass is 788 g/mol. The minimum Gasteiger partial charge on any atom is -0.497 e. The number of methoxy groups -OCH3 is 1. The number of hydrogen-bond acceptors (Lipinski definition) is 10. The molecule has 0 bridgehead atoms. The van der Waals surface area contributed by atoms with Crippen molar-refractivity contribution in [1.29, 1.82) is 0 Å². The van der Waals surface area contributed by atoms with Crippen LogP contribution in [0.1, 0.15) is 64.2 Å². The molecule has 16 nitrogen and oxygen atoms in total. The van der Waals surface area contributed by atoms with Crippen LogP contribution in [0.2, 0.25) is 0 Å². The van der Waals surface area contributed by atoms with E-state index in [2.05, 4.69) is 26.6 Å². The quantitative estimate of drug-likeness (QED) is 0.0573. The first-order chi connectivity index (χ1) is 26.8. The second-order valence-electron chi connectivity index (χ2n) is 15.2. The summed E-state index contributed by atoms with van der Waals surface area (Å²) in [5, 5.41) is 45.0. The van der Waals surface area contributed by atoms with Gasteiger partial charge in [0, 0.05) is 30.6 Å². The highest BCUT2D eigenvalue weighted by atomic mass is 16.6. The summed E-state index contributed by atoms with van der Waals surface area (Å²) in [7, 11) is 1.53. The summed E-state index contributed by atoms with van der Waals surface area (Å²) in [6.07, 6.45) is 0.699. The van der Waals surface area contributed by atoms with Crippen molar-refractivity contribution in [1.82, 2.24) is 16.0 Å². The van der Waals surface area contributed by atoms with Gasteiger partial charge in [0.15, 0.2) is 5.82 Å². The van der Waals surface area contributed by atoms with E-state index in [0.717, 1.165) is 6.20 Å². The van der Waals surface area contributed by atoms with E-state index in [0.29, 0.717) is 33.8 Å². The molecule has 3 unspecified atom stereocenters. The van der Waals surface area contributed by atoms with Crippen LogP contribution in [0.25, 0.3) is 0 Å². The number of nitrogens with one attached hydrogen (secondary N) is 5. The molecule has 0 aromatic heterocycles. The lowest BCUT2D eigenvalue weighted by Crippen LogP contribution is -2.53. The van der Waals surface area contributed by atoms with Gasteiger partial charge in [-0.1, -0.05) is 71.0 Å². The predicted molar refractivity (Wildman–Crippen MR) is 214 cm³/mol. The van der Waals surface area contributed by atoms with Gasteiger partial charge in [-0.25, -0.2) is 9.59 Å². The number of ether oxygens (including phenoxy) is 1. The number of carboxylic acid groups (broad SMARTS) is 2. The Bertz CT molecular complexity index is 1910. The molecule has 3 aromatic carbocycles. The fourth-order valence-corrected chi connectivity index (χ4v) is 5.82. The van der Waals surface area contributed by atoms with Gasteiger partial charge in [-0.2, -0.15) is 0 Å². The second-order valence-corrected chi connectivity index (χ2v) is 15.2. The Morgan fingerprint density at radius 1 is 0.754 bits per heavy atom. The van der Waals surface area contributed by atoms with Gasteiger partial charge >= 0.3 is 11.9 Å². The molecule has 57 heavy (non-hydrogen) atoms. The van der Waals surface area contributed by atoms with Crippen LogP contribution in [0.15, 0.2) is 84.8 Å². The topological polar surface area (TPSA) is 238 Å². The molecule has 16 heteroatoms. The van der Waals surface area contributed by atoms with Crippen LogP contribution in [-0.4, -0.2) is 70.0 Å². The van der Waals surface area contributed by atoms with Crippen LogP contribution in [0.4, 0.5) is 11.4 Å². The number of aliphatic carboxylic acids is 2. The highest BCUT2D eigenvalue weighted by Crippen LogP contribution is 2.21. The number of carboxylic acids is 2. The van der Waals surface area contributed by atoms with Crippen molar-refractivity contribution in [3.05, 3.63) is 112 Å². The number of benzene rings is 3. The van der Waals surface area contributed by atoms with Crippen LogP contribution in [0.5, 0.6) is 5.75 Å². The highest BCUT2D eigenvalue weighted by molar-refractivity contribution is 5.91. The van der Waals surface area contributed by atoms with E-state index in [1.54, 1.807) is 72.8 Å². The van der Waals surface area contributed by atoms with E-state index in [1.165, 1.54) is 7.11 Å². The van der Waals surface area contributed by atoms with Gasteiger partial charge in [-0.15, -0.1) is 0 Å². The number of rotatable bonds is 21. The first kappa shape index (κ1) is 44.9. The lowest BCUT2D eigenvalue weighted by molar-refractivity contribution is -0.403. The number of anilines is 2. The third-order valence-corrected chi connectivity index (χ3v) is 8.47. The van der Waals surface area contributed by atoms with Crippen LogP contribution >= 0.6 is 0 Å². The molecule has 0 fully saturated rings. The van der Waals surface area contributed by atoms with Crippen molar-refractivity contribution >= 4 is 41.0 Å². The van der Waals surface area contributed by atoms with Gasteiger partial charge < -0.3 is 41.5 Å². The van der Waals surface area contributed by atoms with E-state index < -0.39 is 52.7 Å². The molecule has 0 aliphatic rings. The standard InChI is InChI=1S/C41H52N6O10/c1-25(2)19-32(44-36(48)20-26-11-13-29(14-12-26)42-35(24-47(55)56)43-30-15-17-31(57-6)18-16-30)38(50)46-34(40(53)54)22-28-10-8-7-9-27(28)21-33(39(51)52)45-37(49)23-41(3,4)5/h7-18,24-25,32-34,42-43H,19-23H2,1-6H3,(H,44,48)(H,45,49)(H,46,50)(H,51,52)(H,53,54). The average Bonchev–Trinajstić information content (AvgIpc) is 3.11. The molecule has 0 radical (unpaired) electrons. The normalized spacial score (nSPS) is 13.1. The van der Waals surface area contributed by atoms with Crippen molar-refractivity contribution in [3.63, 3.8) is 0 Å². The van der Waals surface area contributed by atoms with Crippen LogP contribution < -0.4 is 31.3 Å². The van der Waals surface area contributed by atoms with E-state index in [9.17, 15) is 44.3 Å². The first-order valence-corrected chi connectivity index (χ1v) is 18.4. The molecule has 3 atom stereocenters. The molecule has 0 saturated carbocycles. The zero-order valence-corrected chi connectivity index (χ0v) is 33.0. The summed E-state index contributed by atoms with van der Waals surface area (Å²) in [5.41, 5.74) is 2.26. The Morgan fingerprint density at radius 2 is 1.25 bits per heavy atom. The second kappa shape index (κ2) is 21.0. The number of amides is 3. The van der Waals surface area contributed by atoms with Crippen LogP contribution in [-0.2, 0) is 43.2 Å². The number of hydrogen-bond donors (Lipinski definition) is 7. The summed E-state index contributed by atoms with van der Waals surface area (Å²) in [4.78, 5) is 74.5. The molecule has 3 aromatic rings. The molecular formula is C41H52N6O10. The maximum atomic E-state index is 13.6. The fourth-order valence-electron chi connectivity index (χ4n) is 5.82. The van der Waals surface area contributed by atoms with Crippen LogP contribution in [0, 0.1) is 21.4 Å². The molecular weight excluding hydrogens is 736 g/mol. The van der Waals surface area contributed by atoms with Gasteiger partial charge in [-0.05, 0) is 70.8 Å². The number of carbonyl (C=O) groups excluding carboxylic acids is 3. The van der Waals surface area contributed by atoms with Crippen LogP contribution in [0.3, 0.4) is 0 Å². The van der Waals surface area contributed by atoms with E-state index in [1.807, 2.05) is 34.6 Å². The van der Waals surface area contributed by atoms with E-state index in [-0.39, 0.29) is 49.3 Å². The van der Waals surface area contributed by atoms with Crippen molar-refractivity contribution < 1.29 is 43.8 Å². The Kier molecular flexibility index (Phi) is 16.6. The Hall–Kier alpha value is -6.45. The molecule has 3 amide bonds. The maximum absolute atomic E-state index is 13.6. The highest BCUT2D eigenvalue weighted by Gasteiger charge is 2.29. The first-order valence-electron chi connectivity index (χ1n) is 18.4. The maximum Gasteiger partial charge on any atom is 0.326 e. The van der Waals surface area contributed by atoms with E-state index in [4.69, 9.17) is 4.74 Å². The lowest BCUT2D eigenvalue weighted by Gasteiger charge is -2.24. The van der Waals surface area contributed by atoms with Crippen molar-refractivity contribution in [2.24, 2.45) is 11.3 Å². The lowest BCUT2D eigenvalue weighted by atomic mass is 9.91. The Labute approximate surface area is 331 Å². The Balaban J connectivity index is 1.68. The molecule has 7 N–H and O–H groups in total. The SMILES string of the molecule is COc1ccc(NC(=C[N+](=O)[O-])Nc2ccc(CC(=O)NC(CC(C)C)C(=O)NC(Cc3ccccc3CC(NC(=O)CC(C)(C)C)C(=O)O)C(=O)O)cc2)cc1. The van der Waals surface area contributed by atoms with Gasteiger partial charge in [0.25, 0.3) is 6.20 Å². The molecule has 306 valence electrons. The zero-order valence-electron chi connectivity index (χ0n) is 33.0. The van der Waals surface area contributed by atoms with Gasteiger partial charge in [0.1, 0.15) is 23.9 Å². The van der Waals surface area contributed by atoms with Gasteiger partial charge in [-0.3, -0.25) is 24.5 Å². The summed E-state index contributed by atoms with van der Waals surface area (Å²) >= 11 is 0. The molecule has 3 rings (SSSR count). The van der Waals surface area contributed by atoms with E-state index >= 15 is 0 Å². The summed E-state index contributed by atoms with van der Waals surface area (Å²) in [6.45, 7) is 9.28. The van der Waals surface area contributed by atoms with Crippen molar-refractivity contribution in [2.45, 2.75) is 84.8 Å². The zero-order chi connectivity index (χ0) is 42.3. The molecule has 0 aliphatic carbocycles. The minimum atomic E-state index is -1.42. The van der Waals surface area contributed by atoms with Gasteiger partial charge in [0.05, 0.1) is 18.5 Å². The molecule has 0 saturated heterocycles. The smallest absolute Gasteiger partial charge is 0.326 e. The Morgan fingerprint density at radius 3 is 1.70 bits per heavy atom. The summed E-state index contributed by atoms with van der Waals surface area (Å²) < 4.78 is 5.14. The third-order valence-electron chi connectivity index (χ3n) is 8.47. The van der Waals surface area contributed by atoms with Gasteiger partial charge in [0.2, 0.25) is 17.7 Å². The average molecular weight is 789 g/mol. The summed E-state index contributed by atoms with van der Waals surface area (Å²) in [5.74, 6) is -3.53. The fraction of sp³-hybridized carbons (Fsp3) is 0.390. The molecule has 0 heterocycles. The van der Waals surface area contributed by atoms with Crippen molar-refractivity contribution in [2.75, 3.05) is 17.7 Å². The third kappa shape index (κ3) is 16.0. The summed E-state index contributed by atoms with van der Waals surface area (Å²) in [6, 6.07) is 16.3. The molecule has 0 aliphatic heterocycles.